The van der Waals surface area contributed by atoms with Crippen molar-refractivity contribution in [2.45, 2.75) is 61.3 Å². The SMILES string of the molecule is CO[C@@H]1O[C@@H](C(=O)O)[C@@H](O[C@H]2O[C@H](COS(=O)(=O)O)[C@@H](OC)[C@H](O)[C@H]2NS(=O)(=O)O)[C@H](O)[C@H]1OS(=O)(=O)O. The number of methoxy groups -OCH3 is 2. The standard InChI is InChI=1S/C14H25NO20S3/c1-29-8-4(3-31-37(23,24)25)32-13(5(6(8)16)15-36(20,21)22)33-9-7(17)10(35-38(26,27)28)14(30-2)34-11(9)12(18)19/h4-11,13-17H,3H2,1-2H3,(H,18,19)(H,20,21,22)(H,23,24,25)(H,26,27,28)/t4-,5-,6-,7+,8-,9+,10-,11-,13-,14-/m1/s1. The molecule has 0 spiro atoms. The van der Waals surface area contributed by atoms with E-state index in [9.17, 15) is 49.9 Å². The van der Waals surface area contributed by atoms with E-state index in [-0.39, 0.29) is 0 Å². The summed E-state index contributed by atoms with van der Waals surface area (Å²) in [5.74, 6) is -1.85. The summed E-state index contributed by atoms with van der Waals surface area (Å²) in [6.45, 7) is -1.08. The highest BCUT2D eigenvalue weighted by Gasteiger charge is 2.55. The Morgan fingerprint density at radius 2 is 1.45 bits per heavy atom. The van der Waals surface area contributed by atoms with E-state index < -0.39 is 105 Å². The maximum Gasteiger partial charge on any atom is 0.397 e. The molecule has 2 aliphatic rings. The van der Waals surface area contributed by atoms with Gasteiger partial charge in [-0.25, -0.2) is 13.2 Å². The van der Waals surface area contributed by atoms with E-state index >= 15 is 0 Å². The fourth-order valence-electron chi connectivity index (χ4n) is 3.68. The van der Waals surface area contributed by atoms with Gasteiger partial charge < -0.3 is 39.0 Å². The average Bonchev–Trinajstić information content (AvgIpc) is 2.75. The zero-order chi connectivity index (χ0) is 29.2. The molecular weight excluding hydrogens is 598 g/mol. The van der Waals surface area contributed by atoms with E-state index in [1.807, 2.05) is 0 Å². The van der Waals surface area contributed by atoms with Gasteiger partial charge in [-0.05, 0) is 0 Å². The highest BCUT2D eigenvalue weighted by atomic mass is 32.3. The number of aliphatic hydroxyl groups is 2. The minimum absolute atomic E-state index is 0.898. The Kier molecular flexibility index (Phi) is 10.9. The van der Waals surface area contributed by atoms with Crippen LogP contribution < -0.4 is 4.72 Å². The first-order valence-corrected chi connectivity index (χ1v) is 14.1. The summed E-state index contributed by atoms with van der Waals surface area (Å²) in [5, 5.41) is 30.9. The largest absolute Gasteiger partial charge is 0.479 e. The highest BCUT2D eigenvalue weighted by Crippen LogP contribution is 2.32. The molecule has 2 saturated heterocycles. The molecule has 2 rings (SSSR count). The van der Waals surface area contributed by atoms with Crippen molar-refractivity contribution in [2.75, 3.05) is 20.8 Å². The summed E-state index contributed by atoms with van der Waals surface area (Å²) in [5.41, 5.74) is 0. The molecule has 0 aliphatic carbocycles. The Morgan fingerprint density at radius 1 is 0.842 bits per heavy atom. The van der Waals surface area contributed by atoms with Gasteiger partial charge in [0.2, 0.25) is 0 Å². The van der Waals surface area contributed by atoms with Crippen molar-refractivity contribution >= 4 is 37.1 Å². The van der Waals surface area contributed by atoms with Gasteiger partial charge in [-0.3, -0.25) is 13.7 Å². The van der Waals surface area contributed by atoms with Gasteiger partial charge in [-0.2, -0.15) is 30.0 Å². The molecule has 38 heavy (non-hydrogen) atoms. The second-order valence-electron chi connectivity index (χ2n) is 7.64. The predicted octanol–water partition coefficient (Wildman–Crippen LogP) is -4.94. The first kappa shape index (κ1) is 33.0. The first-order chi connectivity index (χ1) is 17.3. The molecule has 0 amide bonds. The molecule has 0 aromatic heterocycles. The maximum atomic E-state index is 11.8. The fraction of sp³-hybridized carbons (Fsp3) is 0.929. The lowest BCUT2D eigenvalue weighted by Crippen LogP contribution is -2.68. The van der Waals surface area contributed by atoms with Crippen LogP contribution in [0, 0.1) is 0 Å². The molecule has 2 aliphatic heterocycles. The monoisotopic (exact) mass is 623 g/mol. The Morgan fingerprint density at radius 3 is 1.89 bits per heavy atom. The summed E-state index contributed by atoms with van der Waals surface area (Å²) in [7, 11) is -13.7. The van der Waals surface area contributed by atoms with Gasteiger partial charge >= 0.3 is 37.1 Å². The third-order valence-electron chi connectivity index (χ3n) is 5.13. The number of nitrogens with one attached hydrogen (secondary N) is 1. The molecule has 2 heterocycles. The van der Waals surface area contributed by atoms with Crippen LogP contribution in [0.2, 0.25) is 0 Å². The normalized spacial score (nSPS) is 37.1. The van der Waals surface area contributed by atoms with Crippen LogP contribution in [-0.4, -0.2) is 142 Å². The van der Waals surface area contributed by atoms with Crippen LogP contribution in [0.3, 0.4) is 0 Å². The van der Waals surface area contributed by atoms with Crippen molar-refractivity contribution in [1.82, 2.24) is 4.72 Å². The van der Waals surface area contributed by atoms with Gasteiger partial charge in [0, 0.05) is 14.2 Å². The van der Waals surface area contributed by atoms with E-state index in [1.54, 1.807) is 0 Å². The maximum absolute atomic E-state index is 11.8. The molecule has 10 atom stereocenters. The van der Waals surface area contributed by atoms with E-state index in [2.05, 4.69) is 8.37 Å². The lowest BCUT2D eigenvalue weighted by atomic mass is 9.96. The van der Waals surface area contributed by atoms with E-state index in [4.69, 9.17) is 32.8 Å². The predicted molar refractivity (Wildman–Crippen MR) is 112 cm³/mol. The molecule has 24 heteroatoms. The molecule has 0 unspecified atom stereocenters. The summed E-state index contributed by atoms with van der Waals surface area (Å²) in [6, 6.07) is -2.07. The summed E-state index contributed by atoms with van der Waals surface area (Å²) in [4.78, 5) is 11.8. The van der Waals surface area contributed by atoms with Gasteiger partial charge in [0.05, 0.1) is 6.61 Å². The van der Waals surface area contributed by atoms with Crippen molar-refractivity contribution in [3.63, 3.8) is 0 Å². The number of carboxylic acids is 1. The molecule has 0 radical (unpaired) electrons. The third kappa shape index (κ3) is 8.91. The Balaban J connectivity index is 2.49. The van der Waals surface area contributed by atoms with Gasteiger partial charge in [0.1, 0.15) is 36.6 Å². The second-order valence-corrected chi connectivity index (χ2v) is 11.0. The Hall–Kier alpha value is -1.20. The molecule has 0 saturated carbocycles. The van der Waals surface area contributed by atoms with Gasteiger partial charge in [0.25, 0.3) is 0 Å². The van der Waals surface area contributed by atoms with Crippen molar-refractivity contribution in [3.8, 4) is 0 Å². The van der Waals surface area contributed by atoms with E-state index in [0.717, 1.165) is 14.2 Å². The van der Waals surface area contributed by atoms with Crippen molar-refractivity contribution in [3.05, 3.63) is 0 Å². The summed E-state index contributed by atoms with van der Waals surface area (Å²) in [6.07, 6.45) is -18.6. The Bertz CT molecular complexity index is 1140. The van der Waals surface area contributed by atoms with Gasteiger partial charge in [0.15, 0.2) is 24.8 Å². The topological polar surface area (TPSA) is 318 Å². The second kappa shape index (κ2) is 12.5. The molecule has 0 bridgehead atoms. The van der Waals surface area contributed by atoms with Crippen LogP contribution in [0.5, 0.6) is 0 Å². The van der Waals surface area contributed by atoms with Crippen LogP contribution in [0.1, 0.15) is 0 Å². The Labute approximate surface area is 215 Å². The van der Waals surface area contributed by atoms with Crippen LogP contribution >= 0.6 is 0 Å². The summed E-state index contributed by atoms with van der Waals surface area (Å²) < 4.78 is 130. The smallest absolute Gasteiger partial charge is 0.397 e. The first-order valence-electron chi connectivity index (χ1n) is 9.91. The lowest BCUT2D eigenvalue weighted by Gasteiger charge is -2.47. The number of aliphatic carboxylic acids is 1. The molecular formula is C14H25NO20S3. The molecule has 0 aromatic carbocycles. The van der Waals surface area contributed by atoms with Gasteiger partial charge in [-0.15, -0.1) is 0 Å². The number of ether oxygens (including phenoxy) is 5. The number of rotatable bonds is 12. The van der Waals surface area contributed by atoms with E-state index in [0.29, 0.717) is 0 Å². The minimum Gasteiger partial charge on any atom is -0.479 e. The van der Waals surface area contributed by atoms with E-state index in [1.165, 1.54) is 4.72 Å². The molecule has 0 aromatic rings. The van der Waals surface area contributed by atoms with Crippen LogP contribution in [0.15, 0.2) is 0 Å². The van der Waals surface area contributed by atoms with Crippen LogP contribution in [0.25, 0.3) is 0 Å². The molecule has 7 N–H and O–H groups in total. The van der Waals surface area contributed by atoms with Crippen molar-refractivity contribution in [1.29, 1.82) is 0 Å². The quantitative estimate of drug-likeness (QED) is 0.100. The minimum atomic E-state index is -5.31. The number of hydrogen-bond donors (Lipinski definition) is 7. The zero-order valence-electron chi connectivity index (χ0n) is 19.1. The number of hydrogen-bond acceptors (Lipinski definition) is 16. The third-order valence-corrected chi connectivity index (χ3v) is 6.60. The van der Waals surface area contributed by atoms with Crippen molar-refractivity contribution in [2.24, 2.45) is 0 Å². The van der Waals surface area contributed by atoms with Gasteiger partial charge in [-0.1, -0.05) is 0 Å². The average molecular weight is 624 g/mol. The highest BCUT2D eigenvalue weighted by molar-refractivity contribution is 7.83. The number of carboxylic acid groups (broad SMARTS) is 1. The zero-order valence-corrected chi connectivity index (χ0v) is 21.6. The molecule has 224 valence electrons. The summed E-state index contributed by atoms with van der Waals surface area (Å²) >= 11 is 0. The van der Waals surface area contributed by atoms with Crippen LogP contribution in [-0.2, 0) is 67.9 Å². The molecule has 21 nitrogen and oxygen atoms in total. The number of aliphatic hydroxyl groups excluding tert-OH is 2. The lowest BCUT2D eigenvalue weighted by molar-refractivity contribution is -0.335. The molecule has 2 fully saturated rings. The van der Waals surface area contributed by atoms with Crippen molar-refractivity contribution < 1.29 is 91.1 Å². The fourth-order valence-corrected chi connectivity index (χ4v) is 5.06. The van der Waals surface area contributed by atoms with Crippen LogP contribution in [0.4, 0.5) is 0 Å². The number of carbonyl (C=O) groups is 1.